The average Bonchev–Trinajstić information content (AvgIpc) is 3.29. The zero-order chi connectivity index (χ0) is 22.0. The van der Waals surface area contributed by atoms with Crippen molar-refractivity contribution in [3.63, 3.8) is 0 Å². The summed E-state index contributed by atoms with van der Waals surface area (Å²) in [5, 5.41) is 4.83. The molecule has 1 N–H and O–H groups in total. The number of hydrogen-bond donors (Lipinski definition) is 1. The van der Waals surface area contributed by atoms with Crippen LogP contribution in [0.15, 0.2) is 58.8 Å². The number of para-hydroxylation sites is 1. The molecule has 0 spiro atoms. The zero-order valence-corrected chi connectivity index (χ0v) is 19.3. The molecule has 1 aromatic heterocycles. The first kappa shape index (κ1) is 22.3. The largest absolute Gasteiger partial charge is 0.379 e. The smallest absolute Gasteiger partial charge is 0.257 e. The number of nitrogens with one attached hydrogen (secondary N) is 1. The van der Waals surface area contributed by atoms with Crippen molar-refractivity contribution in [3.05, 3.63) is 69.5 Å². The van der Waals surface area contributed by atoms with Gasteiger partial charge in [0.25, 0.3) is 5.91 Å². The van der Waals surface area contributed by atoms with Gasteiger partial charge in [-0.05, 0) is 29.6 Å². The van der Waals surface area contributed by atoms with Crippen molar-refractivity contribution in [2.75, 3.05) is 31.6 Å². The number of amides is 1. The molecule has 0 radical (unpaired) electrons. The van der Waals surface area contributed by atoms with E-state index in [9.17, 15) is 13.2 Å². The van der Waals surface area contributed by atoms with Gasteiger partial charge in [0, 0.05) is 29.2 Å². The summed E-state index contributed by atoms with van der Waals surface area (Å²) in [5.74, 6) is -0.524. The summed E-state index contributed by atoms with van der Waals surface area (Å²) in [4.78, 5) is 13.9. The van der Waals surface area contributed by atoms with Gasteiger partial charge in [0.1, 0.15) is 4.90 Å². The van der Waals surface area contributed by atoms with Crippen LogP contribution in [0.25, 0.3) is 10.4 Å². The molecule has 31 heavy (non-hydrogen) atoms. The monoisotopic (exact) mass is 496 g/mol. The number of rotatable bonds is 5. The molecule has 162 valence electrons. The molecule has 0 unspecified atom stereocenters. The standard InChI is InChI=1S/C21H18Cl2N2O4S2/c22-16-13-17(23)20(31(27,28)25-7-9-29-10-8-25)12-15(16)21(26)24-18-5-2-1-4-14(18)19-6-3-11-30-19/h1-6,11-13H,7-10H2,(H,24,26). The first-order chi connectivity index (χ1) is 14.9. The molecule has 0 atom stereocenters. The lowest BCUT2D eigenvalue weighted by molar-refractivity contribution is 0.0730. The molecule has 1 saturated heterocycles. The molecule has 0 bridgehead atoms. The van der Waals surface area contributed by atoms with Crippen molar-refractivity contribution in [2.45, 2.75) is 4.90 Å². The number of morpholine rings is 1. The summed E-state index contributed by atoms with van der Waals surface area (Å²) in [7, 11) is -3.90. The van der Waals surface area contributed by atoms with Crippen molar-refractivity contribution in [2.24, 2.45) is 0 Å². The van der Waals surface area contributed by atoms with E-state index in [4.69, 9.17) is 27.9 Å². The van der Waals surface area contributed by atoms with E-state index in [1.54, 1.807) is 17.4 Å². The minimum Gasteiger partial charge on any atom is -0.379 e. The molecule has 0 aliphatic carbocycles. The Labute approximate surface area is 194 Å². The maximum atomic E-state index is 13.1. The Bertz CT molecular complexity index is 1210. The van der Waals surface area contributed by atoms with E-state index in [2.05, 4.69) is 5.32 Å². The van der Waals surface area contributed by atoms with Crippen LogP contribution in [0, 0.1) is 0 Å². The van der Waals surface area contributed by atoms with Gasteiger partial charge in [-0.1, -0.05) is 47.5 Å². The van der Waals surface area contributed by atoms with Gasteiger partial charge < -0.3 is 10.1 Å². The van der Waals surface area contributed by atoms with Gasteiger partial charge in [0.05, 0.1) is 28.8 Å². The van der Waals surface area contributed by atoms with E-state index in [1.807, 2.05) is 35.7 Å². The van der Waals surface area contributed by atoms with Crippen molar-refractivity contribution >= 4 is 56.2 Å². The van der Waals surface area contributed by atoms with Gasteiger partial charge in [-0.2, -0.15) is 4.31 Å². The lowest BCUT2D eigenvalue weighted by atomic mass is 10.1. The zero-order valence-electron chi connectivity index (χ0n) is 16.2. The predicted molar refractivity (Wildman–Crippen MR) is 124 cm³/mol. The number of carbonyl (C=O) groups is 1. The number of benzene rings is 2. The fourth-order valence-electron chi connectivity index (χ4n) is 3.26. The maximum absolute atomic E-state index is 13.1. The second kappa shape index (κ2) is 9.28. The molecule has 0 saturated carbocycles. The van der Waals surface area contributed by atoms with E-state index in [-0.39, 0.29) is 33.6 Å². The second-order valence-electron chi connectivity index (χ2n) is 6.76. The first-order valence-electron chi connectivity index (χ1n) is 9.39. The number of anilines is 1. The van der Waals surface area contributed by atoms with Gasteiger partial charge >= 0.3 is 0 Å². The number of carbonyl (C=O) groups excluding carboxylic acids is 1. The molecule has 1 fully saturated rings. The number of sulfonamides is 1. The quantitative estimate of drug-likeness (QED) is 0.539. The van der Waals surface area contributed by atoms with Crippen molar-refractivity contribution < 1.29 is 17.9 Å². The Balaban J connectivity index is 1.68. The molecule has 2 heterocycles. The number of hydrogen-bond acceptors (Lipinski definition) is 5. The van der Waals surface area contributed by atoms with Crippen molar-refractivity contribution in [1.29, 1.82) is 0 Å². The summed E-state index contributed by atoms with van der Waals surface area (Å²) in [6.45, 7) is 1.04. The summed E-state index contributed by atoms with van der Waals surface area (Å²) < 4.78 is 32.7. The minimum absolute atomic E-state index is 0.0267. The summed E-state index contributed by atoms with van der Waals surface area (Å²) in [6, 6.07) is 13.8. The number of halogens is 2. The highest BCUT2D eigenvalue weighted by molar-refractivity contribution is 7.89. The van der Waals surface area contributed by atoms with Crippen molar-refractivity contribution in [1.82, 2.24) is 4.31 Å². The fourth-order valence-corrected chi connectivity index (χ4v) is 6.26. The third kappa shape index (κ3) is 4.64. The number of nitrogens with zero attached hydrogens (tertiary/aromatic N) is 1. The Kier molecular flexibility index (Phi) is 6.66. The highest BCUT2D eigenvalue weighted by Gasteiger charge is 2.30. The second-order valence-corrected chi connectivity index (χ2v) is 10.4. The van der Waals surface area contributed by atoms with E-state index in [0.29, 0.717) is 18.9 Å². The van der Waals surface area contributed by atoms with E-state index >= 15 is 0 Å². The molecule has 2 aromatic carbocycles. The minimum atomic E-state index is -3.90. The molecular weight excluding hydrogens is 479 g/mol. The van der Waals surface area contributed by atoms with Crippen LogP contribution in [-0.2, 0) is 14.8 Å². The molecule has 3 aromatic rings. The Morgan fingerprint density at radius 3 is 2.48 bits per heavy atom. The topological polar surface area (TPSA) is 75.7 Å². The predicted octanol–water partition coefficient (Wildman–Crippen LogP) is 5.00. The molecule has 1 aliphatic heterocycles. The lowest BCUT2D eigenvalue weighted by Crippen LogP contribution is -2.40. The average molecular weight is 497 g/mol. The van der Waals surface area contributed by atoms with Crippen LogP contribution in [-0.4, -0.2) is 44.9 Å². The molecule has 6 nitrogen and oxygen atoms in total. The van der Waals surface area contributed by atoms with Gasteiger partial charge in [-0.3, -0.25) is 4.79 Å². The highest BCUT2D eigenvalue weighted by atomic mass is 35.5. The van der Waals surface area contributed by atoms with Crippen LogP contribution >= 0.6 is 34.5 Å². The van der Waals surface area contributed by atoms with E-state index < -0.39 is 15.9 Å². The summed E-state index contributed by atoms with van der Waals surface area (Å²) >= 11 is 14.0. The summed E-state index contributed by atoms with van der Waals surface area (Å²) in [6.07, 6.45) is 0. The first-order valence-corrected chi connectivity index (χ1v) is 12.5. The third-order valence-corrected chi connectivity index (χ3v) is 8.40. The molecular formula is C21H18Cl2N2O4S2. The maximum Gasteiger partial charge on any atom is 0.257 e. The molecule has 4 rings (SSSR count). The SMILES string of the molecule is O=C(Nc1ccccc1-c1cccs1)c1cc(S(=O)(=O)N2CCOCC2)c(Cl)cc1Cl. The van der Waals surface area contributed by atoms with Crippen molar-refractivity contribution in [3.8, 4) is 10.4 Å². The van der Waals surface area contributed by atoms with E-state index in [1.165, 1.54) is 16.4 Å². The molecule has 1 aliphatic rings. The Morgan fingerprint density at radius 2 is 1.77 bits per heavy atom. The van der Waals surface area contributed by atoms with Gasteiger partial charge in [-0.25, -0.2) is 8.42 Å². The van der Waals surface area contributed by atoms with Crippen LogP contribution in [0.3, 0.4) is 0 Å². The van der Waals surface area contributed by atoms with Gasteiger partial charge in [0.15, 0.2) is 0 Å². The lowest BCUT2D eigenvalue weighted by Gasteiger charge is -2.26. The van der Waals surface area contributed by atoms with Crippen LogP contribution in [0.1, 0.15) is 10.4 Å². The molecule has 1 amide bonds. The molecule has 10 heteroatoms. The highest BCUT2D eigenvalue weighted by Crippen LogP contribution is 2.34. The normalized spacial score (nSPS) is 15.0. The van der Waals surface area contributed by atoms with Gasteiger partial charge in [0.2, 0.25) is 10.0 Å². The fraction of sp³-hybridized carbons (Fsp3) is 0.190. The Morgan fingerprint density at radius 1 is 1.03 bits per heavy atom. The Hall–Kier alpha value is -1.94. The van der Waals surface area contributed by atoms with Crippen LogP contribution in [0.2, 0.25) is 10.0 Å². The van der Waals surface area contributed by atoms with Crippen LogP contribution in [0.5, 0.6) is 0 Å². The third-order valence-electron chi connectivity index (χ3n) is 4.82. The summed E-state index contributed by atoms with van der Waals surface area (Å²) in [5.41, 5.74) is 1.48. The van der Waals surface area contributed by atoms with E-state index in [0.717, 1.165) is 10.4 Å². The number of ether oxygens (including phenoxy) is 1. The van der Waals surface area contributed by atoms with Crippen LogP contribution < -0.4 is 5.32 Å². The number of thiophene rings is 1. The van der Waals surface area contributed by atoms with Crippen LogP contribution in [0.4, 0.5) is 5.69 Å². The van der Waals surface area contributed by atoms with Gasteiger partial charge in [-0.15, -0.1) is 11.3 Å².